The molecule has 3 nitrogen and oxygen atoms in total. The Bertz CT molecular complexity index is 687. The minimum atomic E-state index is -0.0918. The number of rotatable bonds is 25. The molecule has 0 radical (unpaired) electrons. The van der Waals surface area contributed by atoms with Crippen LogP contribution in [0.15, 0.2) is 0 Å². The fraction of sp³-hybridized carbons (Fsp3) is 0.975. The van der Waals surface area contributed by atoms with Gasteiger partial charge in [-0.2, -0.15) is 0 Å². The third-order valence-electron chi connectivity index (χ3n) is 10.1. The van der Waals surface area contributed by atoms with E-state index in [0.717, 1.165) is 50.4 Å². The van der Waals surface area contributed by atoms with E-state index in [9.17, 15) is 4.79 Å². The maximum atomic E-state index is 12.9. The van der Waals surface area contributed by atoms with Gasteiger partial charge in [-0.25, -0.2) is 0 Å². The van der Waals surface area contributed by atoms with Crippen LogP contribution in [0.3, 0.4) is 0 Å². The lowest BCUT2D eigenvalue weighted by atomic mass is 9.80. The lowest BCUT2D eigenvalue weighted by Crippen LogP contribution is -2.28. The lowest BCUT2D eigenvalue weighted by molar-refractivity contribution is -0.121. The highest BCUT2D eigenvalue weighted by molar-refractivity contribution is 5.83. The summed E-state index contributed by atoms with van der Waals surface area (Å²) in [6, 6.07) is 0. The molecule has 6 atom stereocenters. The second-order valence-electron chi connectivity index (χ2n) is 16.2. The normalized spacial score (nSPS) is 20.8. The third kappa shape index (κ3) is 19.0. The highest BCUT2D eigenvalue weighted by Gasteiger charge is 2.34. The Hall–Kier alpha value is -0.410. The molecule has 0 heterocycles. The third-order valence-corrected chi connectivity index (χ3v) is 10.1. The number of ether oxygens (including phenoxy) is 2. The molecule has 3 heteroatoms. The minimum Gasteiger partial charge on any atom is -0.373 e. The van der Waals surface area contributed by atoms with E-state index in [0.29, 0.717) is 29.8 Å². The molecule has 1 saturated carbocycles. The Morgan fingerprint density at radius 1 is 0.605 bits per heavy atom. The van der Waals surface area contributed by atoms with Crippen LogP contribution in [0.2, 0.25) is 0 Å². The second-order valence-corrected chi connectivity index (χ2v) is 16.2. The van der Waals surface area contributed by atoms with Gasteiger partial charge in [0.15, 0.2) is 0 Å². The Kier molecular flexibility index (Phi) is 20.9. The maximum Gasteiger partial charge on any atom is 0.136 e. The van der Waals surface area contributed by atoms with Gasteiger partial charge >= 0.3 is 0 Å². The fourth-order valence-electron chi connectivity index (χ4n) is 7.78. The van der Waals surface area contributed by atoms with Crippen LogP contribution in [0.4, 0.5) is 0 Å². The van der Waals surface area contributed by atoms with Crippen LogP contribution in [0.1, 0.15) is 204 Å². The van der Waals surface area contributed by atoms with Crippen molar-refractivity contribution in [3.05, 3.63) is 0 Å². The molecule has 5 unspecified atom stereocenters. The summed E-state index contributed by atoms with van der Waals surface area (Å²) in [5.74, 6) is 3.07. The van der Waals surface area contributed by atoms with Crippen molar-refractivity contribution in [2.45, 2.75) is 227 Å². The summed E-state index contributed by atoms with van der Waals surface area (Å²) < 4.78 is 13.0. The zero-order valence-corrected chi connectivity index (χ0v) is 31.0. The van der Waals surface area contributed by atoms with Crippen LogP contribution in [-0.2, 0) is 14.3 Å². The number of unbranched alkanes of at least 4 members (excludes halogenated alkanes) is 6. The molecule has 1 aliphatic carbocycles. The van der Waals surface area contributed by atoms with Gasteiger partial charge in [0.1, 0.15) is 5.78 Å². The fourth-order valence-corrected chi connectivity index (χ4v) is 7.78. The Morgan fingerprint density at radius 3 is 1.63 bits per heavy atom. The Balaban J connectivity index is 2.52. The minimum absolute atomic E-state index is 0.0565. The summed E-state index contributed by atoms with van der Waals surface area (Å²) in [5.41, 5.74) is -0.148. The van der Waals surface area contributed by atoms with Crippen molar-refractivity contribution < 1.29 is 14.3 Å². The van der Waals surface area contributed by atoms with Crippen molar-refractivity contribution >= 4 is 5.78 Å². The number of hydrogen-bond donors (Lipinski definition) is 0. The predicted molar refractivity (Wildman–Crippen MR) is 188 cm³/mol. The SMILES string of the molecule is CCCCCC(CCC(CC)C(CC)CCCCCC1C(=O)CC[C@@H]1CCC(CCCCC)OC(C)(C)C)OC(C)(C)C. The van der Waals surface area contributed by atoms with E-state index < -0.39 is 0 Å². The van der Waals surface area contributed by atoms with Crippen molar-refractivity contribution in [3.8, 4) is 0 Å². The van der Waals surface area contributed by atoms with Gasteiger partial charge < -0.3 is 9.47 Å². The van der Waals surface area contributed by atoms with Crippen LogP contribution < -0.4 is 0 Å². The molecule has 0 spiro atoms. The highest BCUT2D eigenvalue weighted by atomic mass is 16.5. The predicted octanol–water partition coefficient (Wildman–Crippen LogP) is 12.7. The van der Waals surface area contributed by atoms with Crippen LogP contribution >= 0.6 is 0 Å². The first-order valence-electron chi connectivity index (χ1n) is 19.2. The number of hydrogen-bond acceptors (Lipinski definition) is 3. The van der Waals surface area contributed by atoms with Gasteiger partial charge in [0, 0.05) is 12.3 Å². The molecule has 0 aromatic rings. The number of Topliss-reactive ketones (excluding diaryl/α,β-unsaturated/α-hetero) is 1. The lowest BCUT2D eigenvalue weighted by Gasteiger charge is -2.31. The smallest absolute Gasteiger partial charge is 0.136 e. The van der Waals surface area contributed by atoms with E-state index in [-0.39, 0.29) is 11.2 Å². The molecular weight excluding hydrogens is 528 g/mol. The number of ketones is 1. The van der Waals surface area contributed by atoms with Crippen LogP contribution in [0.25, 0.3) is 0 Å². The van der Waals surface area contributed by atoms with E-state index in [1.165, 1.54) is 96.3 Å². The first kappa shape index (κ1) is 40.6. The molecule has 1 aliphatic rings. The Labute approximate surface area is 270 Å². The zero-order valence-electron chi connectivity index (χ0n) is 31.0. The van der Waals surface area contributed by atoms with Crippen LogP contribution in [0.5, 0.6) is 0 Å². The van der Waals surface area contributed by atoms with Gasteiger partial charge in [0.2, 0.25) is 0 Å². The van der Waals surface area contributed by atoms with E-state index in [1.807, 2.05) is 0 Å². The largest absolute Gasteiger partial charge is 0.373 e. The summed E-state index contributed by atoms with van der Waals surface area (Å²) in [6.07, 6.45) is 26.4. The van der Waals surface area contributed by atoms with Crippen molar-refractivity contribution in [3.63, 3.8) is 0 Å². The zero-order chi connectivity index (χ0) is 32.3. The average molecular weight is 607 g/mol. The molecule has 256 valence electrons. The van der Waals surface area contributed by atoms with Crippen LogP contribution in [-0.4, -0.2) is 29.2 Å². The number of carbonyl (C=O) groups excluding carboxylic acids is 1. The van der Waals surface area contributed by atoms with Gasteiger partial charge in [-0.3, -0.25) is 4.79 Å². The van der Waals surface area contributed by atoms with E-state index in [4.69, 9.17) is 9.47 Å². The van der Waals surface area contributed by atoms with Crippen LogP contribution in [0, 0.1) is 23.7 Å². The molecule has 0 bridgehead atoms. The quantitative estimate of drug-likeness (QED) is 0.0970. The van der Waals surface area contributed by atoms with Gasteiger partial charge in [0.25, 0.3) is 0 Å². The molecule has 0 N–H and O–H groups in total. The molecule has 43 heavy (non-hydrogen) atoms. The van der Waals surface area contributed by atoms with Crippen molar-refractivity contribution in [1.29, 1.82) is 0 Å². The molecule has 0 saturated heterocycles. The van der Waals surface area contributed by atoms with Gasteiger partial charge in [0.05, 0.1) is 23.4 Å². The average Bonchev–Trinajstić information content (AvgIpc) is 3.27. The molecule has 0 amide bonds. The van der Waals surface area contributed by atoms with Gasteiger partial charge in [-0.05, 0) is 111 Å². The highest BCUT2D eigenvalue weighted by Crippen LogP contribution is 2.38. The second kappa shape index (κ2) is 22.2. The molecule has 1 rings (SSSR count). The summed E-state index contributed by atoms with van der Waals surface area (Å²) in [7, 11) is 0. The van der Waals surface area contributed by atoms with Crippen molar-refractivity contribution in [2.24, 2.45) is 23.7 Å². The molecule has 0 aromatic carbocycles. The van der Waals surface area contributed by atoms with Gasteiger partial charge in [-0.1, -0.05) is 105 Å². The first-order valence-corrected chi connectivity index (χ1v) is 19.2. The van der Waals surface area contributed by atoms with Gasteiger partial charge in [-0.15, -0.1) is 0 Å². The number of carbonyl (C=O) groups is 1. The summed E-state index contributed by atoms with van der Waals surface area (Å²) >= 11 is 0. The monoisotopic (exact) mass is 607 g/mol. The standard InChI is InChI=1S/C40H78O3/c1-11-15-18-23-35(42-39(5,6)7)29-26-33(14-4)32(13-3)22-20-17-21-25-37-34(28-31-38(37)41)27-30-36(24-19-16-12-2)43-40(8,9)10/h32-37H,11-31H2,1-10H3/t32?,33?,34-,35?,36?,37?/m0/s1. The first-order chi connectivity index (χ1) is 20.3. The molecule has 0 aliphatic heterocycles. The summed E-state index contributed by atoms with van der Waals surface area (Å²) in [5, 5.41) is 0. The van der Waals surface area contributed by atoms with Crippen molar-refractivity contribution in [2.75, 3.05) is 0 Å². The van der Waals surface area contributed by atoms with E-state index >= 15 is 0 Å². The molecule has 1 fully saturated rings. The Morgan fingerprint density at radius 2 is 1.12 bits per heavy atom. The summed E-state index contributed by atoms with van der Waals surface area (Å²) in [6.45, 7) is 22.5. The topological polar surface area (TPSA) is 35.5 Å². The van der Waals surface area contributed by atoms with Crippen molar-refractivity contribution in [1.82, 2.24) is 0 Å². The molecule has 0 aromatic heterocycles. The van der Waals surface area contributed by atoms with E-state index in [1.54, 1.807) is 0 Å². The summed E-state index contributed by atoms with van der Waals surface area (Å²) in [4.78, 5) is 12.9. The maximum absolute atomic E-state index is 12.9. The molecular formula is C40H78O3. The van der Waals surface area contributed by atoms with E-state index in [2.05, 4.69) is 69.2 Å².